The van der Waals surface area contributed by atoms with Crippen LogP contribution in [0.1, 0.15) is 73.4 Å². The third kappa shape index (κ3) is 9.66. The smallest absolute Gasteiger partial charge is 0.416 e. The zero-order valence-electron chi connectivity index (χ0n) is 26.8. The van der Waals surface area contributed by atoms with Crippen molar-refractivity contribution in [2.45, 2.75) is 69.5 Å². The summed E-state index contributed by atoms with van der Waals surface area (Å²) in [5, 5.41) is 3.15. The molecule has 0 spiro atoms. The lowest BCUT2D eigenvalue weighted by molar-refractivity contribution is -0.145. The van der Waals surface area contributed by atoms with Gasteiger partial charge in [0.1, 0.15) is 0 Å². The molecule has 248 valence electrons. The number of hydrogen-bond donors (Lipinski definition) is 1. The van der Waals surface area contributed by atoms with Crippen LogP contribution < -0.4 is 5.32 Å². The molecule has 1 fully saturated rings. The van der Waals surface area contributed by atoms with Gasteiger partial charge in [0.2, 0.25) is 0 Å². The Hall–Kier alpha value is -3.69. The first-order valence-electron chi connectivity index (χ1n) is 16.1. The molecule has 6 nitrogen and oxygen atoms in total. The molecular formula is C37H45F3N2O4. The third-order valence-corrected chi connectivity index (χ3v) is 9.05. The van der Waals surface area contributed by atoms with E-state index in [4.69, 9.17) is 9.47 Å². The fraction of sp³-hybridized carbons (Fsp3) is 0.459. The number of methoxy groups -OCH3 is 1. The number of nitrogens with zero attached hydrogens (tertiary/aromatic N) is 1. The number of carbonyl (C=O) groups excluding carboxylic acids is 2. The Bertz CT molecular complexity index is 1390. The molecule has 9 heteroatoms. The summed E-state index contributed by atoms with van der Waals surface area (Å²) in [6.07, 6.45) is 0.821. The highest BCUT2D eigenvalue weighted by Gasteiger charge is 2.34. The van der Waals surface area contributed by atoms with Crippen molar-refractivity contribution in [1.29, 1.82) is 0 Å². The summed E-state index contributed by atoms with van der Waals surface area (Å²) in [4.78, 5) is 28.6. The summed E-state index contributed by atoms with van der Waals surface area (Å²) in [6.45, 7) is 5.63. The van der Waals surface area contributed by atoms with Crippen LogP contribution in [-0.4, -0.2) is 62.8 Å². The predicted octanol–water partition coefficient (Wildman–Crippen LogP) is 7.66. The Morgan fingerprint density at radius 3 is 2.20 bits per heavy atom. The van der Waals surface area contributed by atoms with Crippen molar-refractivity contribution in [3.8, 4) is 11.1 Å². The van der Waals surface area contributed by atoms with Crippen LogP contribution in [0.25, 0.3) is 11.1 Å². The largest absolute Gasteiger partial charge is 0.466 e. The number of alkyl halides is 3. The second-order valence-electron chi connectivity index (χ2n) is 12.1. The molecule has 0 aromatic heterocycles. The van der Waals surface area contributed by atoms with E-state index in [1.807, 2.05) is 18.2 Å². The van der Waals surface area contributed by atoms with Crippen molar-refractivity contribution in [1.82, 2.24) is 10.2 Å². The van der Waals surface area contributed by atoms with E-state index in [0.717, 1.165) is 69.4 Å². The zero-order valence-corrected chi connectivity index (χ0v) is 26.8. The molecule has 1 aliphatic rings. The molecule has 1 aliphatic heterocycles. The molecular weight excluding hydrogens is 593 g/mol. The highest BCUT2D eigenvalue weighted by Crippen LogP contribution is 2.37. The van der Waals surface area contributed by atoms with Gasteiger partial charge in [-0.25, -0.2) is 0 Å². The number of benzene rings is 3. The van der Waals surface area contributed by atoms with Crippen molar-refractivity contribution < 1.29 is 32.2 Å². The van der Waals surface area contributed by atoms with Crippen molar-refractivity contribution in [2.75, 3.05) is 40.0 Å². The van der Waals surface area contributed by atoms with Gasteiger partial charge in [-0.15, -0.1) is 0 Å². The van der Waals surface area contributed by atoms with Crippen molar-refractivity contribution in [3.05, 3.63) is 95.6 Å². The molecule has 0 bridgehead atoms. The number of esters is 1. The first-order chi connectivity index (χ1) is 22.1. The Morgan fingerprint density at radius 1 is 0.870 bits per heavy atom. The van der Waals surface area contributed by atoms with Gasteiger partial charge in [0.25, 0.3) is 5.91 Å². The van der Waals surface area contributed by atoms with Gasteiger partial charge in [-0.3, -0.25) is 9.59 Å². The van der Waals surface area contributed by atoms with Gasteiger partial charge in [-0.1, -0.05) is 67.6 Å². The van der Waals surface area contributed by atoms with E-state index >= 15 is 0 Å². The van der Waals surface area contributed by atoms with Crippen LogP contribution in [0.3, 0.4) is 0 Å². The van der Waals surface area contributed by atoms with E-state index in [0.29, 0.717) is 42.7 Å². The number of halogens is 3. The molecule has 1 heterocycles. The molecule has 46 heavy (non-hydrogen) atoms. The van der Waals surface area contributed by atoms with Crippen LogP contribution in [0.4, 0.5) is 13.2 Å². The topological polar surface area (TPSA) is 67.9 Å². The maximum absolute atomic E-state index is 13.3. The highest BCUT2D eigenvalue weighted by molar-refractivity contribution is 6.01. The molecule has 3 aromatic rings. The molecule has 4 rings (SSSR count). The van der Waals surface area contributed by atoms with Crippen molar-refractivity contribution in [3.63, 3.8) is 0 Å². The molecule has 1 amide bonds. The number of carbonyl (C=O) groups is 2. The predicted molar refractivity (Wildman–Crippen MR) is 174 cm³/mol. The van der Waals surface area contributed by atoms with Crippen LogP contribution in [-0.2, 0) is 25.9 Å². The summed E-state index contributed by atoms with van der Waals surface area (Å²) in [6, 6.07) is 22.1. The fourth-order valence-corrected chi connectivity index (χ4v) is 6.33. The first-order valence-corrected chi connectivity index (χ1v) is 16.1. The molecule has 0 radical (unpaired) electrons. The van der Waals surface area contributed by atoms with Gasteiger partial charge < -0.3 is 19.7 Å². The van der Waals surface area contributed by atoms with Crippen molar-refractivity contribution >= 4 is 11.9 Å². The SMILES string of the molecule is CCC(CCCN1CCC(NC(=O)c2ccccc2-c2ccc(C(F)(F)F)cc2)CC1)(CC(=O)OCCCOC)c1ccccc1. The molecule has 3 aromatic carbocycles. The molecule has 1 atom stereocenters. The fourth-order valence-electron chi connectivity index (χ4n) is 6.33. The van der Waals surface area contributed by atoms with E-state index in [1.54, 1.807) is 31.4 Å². The number of ether oxygens (including phenoxy) is 2. The standard InChI is InChI=1S/C37H45F3N2O4/c1-3-36(29-11-5-4-6-12-29,27-34(43)46-26-10-25-45-2)21-9-22-42-23-19-31(20-24-42)41-35(44)33-14-8-7-13-32(33)28-15-17-30(18-16-28)37(38,39)40/h4-8,11-18,31H,3,9-10,19-27H2,1-2H3,(H,41,44). The zero-order chi connectivity index (χ0) is 33.0. The molecule has 0 aliphatic carbocycles. The average Bonchev–Trinajstić information content (AvgIpc) is 3.07. The normalized spacial score (nSPS) is 15.7. The third-order valence-electron chi connectivity index (χ3n) is 9.05. The summed E-state index contributed by atoms with van der Waals surface area (Å²) in [5.41, 5.74) is 1.74. The Balaban J connectivity index is 1.30. The molecule has 0 saturated carbocycles. The Morgan fingerprint density at radius 2 is 1.54 bits per heavy atom. The number of rotatable bonds is 15. The van der Waals surface area contributed by atoms with E-state index in [1.165, 1.54) is 12.1 Å². The van der Waals surface area contributed by atoms with Crippen LogP contribution in [0.5, 0.6) is 0 Å². The summed E-state index contributed by atoms with van der Waals surface area (Å²) >= 11 is 0. The van der Waals surface area contributed by atoms with E-state index in [9.17, 15) is 22.8 Å². The maximum atomic E-state index is 13.3. The van der Waals surface area contributed by atoms with Gasteiger partial charge in [0, 0.05) is 50.2 Å². The van der Waals surface area contributed by atoms with Gasteiger partial charge in [0.05, 0.1) is 18.6 Å². The lowest BCUT2D eigenvalue weighted by Gasteiger charge is -2.35. The minimum Gasteiger partial charge on any atom is -0.466 e. The quantitative estimate of drug-likeness (QED) is 0.137. The molecule has 1 unspecified atom stereocenters. The van der Waals surface area contributed by atoms with E-state index in [2.05, 4.69) is 29.3 Å². The molecule has 1 saturated heterocycles. The van der Waals surface area contributed by atoms with E-state index < -0.39 is 11.7 Å². The number of amides is 1. The minimum absolute atomic E-state index is 0.0105. The highest BCUT2D eigenvalue weighted by atomic mass is 19.4. The van der Waals surface area contributed by atoms with Gasteiger partial charge in [-0.2, -0.15) is 13.2 Å². The second-order valence-corrected chi connectivity index (χ2v) is 12.1. The summed E-state index contributed by atoms with van der Waals surface area (Å²) in [7, 11) is 1.63. The van der Waals surface area contributed by atoms with Gasteiger partial charge in [-0.05, 0) is 73.5 Å². The van der Waals surface area contributed by atoms with Gasteiger partial charge in [0.15, 0.2) is 0 Å². The van der Waals surface area contributed by atoms with Crippen LogP contribution in [0.15, 0.2) is 78.9 Å². The Labute approximate surface area is 270 Å². The van der Waals surface area contributed by atoms with Crippen molar-refractivity contribution in [2.24, 2.45) is 0 Å². The second kappa shape index (κ2) is 16.7. The van der Waals surface area contributed by atoms with E-state index in [-0.39, 0.29) is 23.3 Å². The summed E-state index contributed by atoms with van der Waals surface area (Å²) in [5.74, 6) is -0.406. The first kappa shape index (κ1) is 35.2. The molecule has 1 N–H and O–H groups in total. The lowest BCUT2D eigenvalue weighted by Crippen LogP contribution is -2.45. The lowest BCUT2D eigenvalue weighted by atomic mass is 9.72. The number of hydrogen-bond acceptors (Lipinski definition) is 5. The van der Waals surface area contributed by atoms with Crippen LogP contribution in [0, 0.1) is 0 Å². The monoisotopic (exact) mass is 638 g/mol. The van der Waals surface area contributed by atoms with Crippen LogP contribution >= 0.6 is 0 Å². The number of nitrogens with one attached hydrogen (secondary N) is 1. The average molecular weight is 639 g/mol. The summed E-state index contributed by atoms with van der Waals surface area (Å²) < 4.78 is 49.7. The van der Waals surface area contributed by atoms with Crippen LogP contribution in [0.2, 0.25) is 0 Å². The number of likely N-dealkylation sites (tertiary alicyclic amines) is 1. The minimum atomic E-state index is -4.41. The Kier molecular flexibility index (Phi) is 12.8. The maximum Gasteiger partial charge on any atom is 0.416 e. The van der Waals surface area contributed by atoms with Gasteiger partial charge >= 0.3 is 12.1 Å². The number of piperidine rings is 1.